The standard InChI is InChI=1S/C52H33N3O/c1-5-17-34(18-6-1)41-31-38(44-33-43(36-21-9-3-10-22-36)53-52(54-44)37-23-11-4-12-24-37)32-42(35-19-7-2-8-20-35)51(41)55-45-27-15-13-25-39(45)49-46(55)29-30-48-50(49)40-26-14-16-28-47(40)56-48/h1-33H. The van der Waals surface area contributed by atoms with Crippen LogP contribution in [0.3, 0.4) is 0 Å². The third-order valence-corrected chi connectivity index (χ3v) is 10.8. The average Bonchev–Trinajstić information content (AvgIpc) is 3.82. The van der Waals surface area contributed by atoms with Crippen molar-refractivity contribution in [2.75, 3.05) is 0 Å². The van der Waals surface area contributed by atoms with Crippen LogP contribution in [0.25, 0.3) is 106 Å². The Hall–Kier alpha value is -7.56. The lowest BCUT2D eigenvalue weighted by atomic mass is 9.91. The summed E-state index contributed by atoms with van der Waals surface area (Å²) in [5.41, 5.74) is 14.3. The molecule has 0 saturated carbocycles. The maximum Gasteiger partial charge on any atom is 0.160 e. The van der Waals surface area contributed by atoms with E-state index in [0.717, 1.165) is 89.0 Å². The van der Waals surface area contributed by atoms with Crippen molar-refractivity contribution in [3.63, 3.8) is 0 Å². The molecule has 3 aromatic heterocycles. The minimum atomic E-state index is 0.687. The van der Waals surface area contributed by atoms with Crippen molar-refractivity contribution in [1.82, 2.24) is 14.5 Å². The van der Waals surface area contributed by atoms with E-state index in [1.165, 1.54) is 10.8 Å². The molecule has 262 valence electrons. The Kier molecular flexibility index (Phi) is 7.46. The van der Waals surface area contributed by atoms with E-state index in [-0.39, 0.29) is 0 Å². The maximum absolute atomic E-state index is 6.44. The molecule has 0 N–H and O–H groups in total. The quantitative estimate of drug-likeness (QED) is 0.172. The Morgan fingerprint density at radius 1 is 0.357 bits per heavy atom. The molecule has 0 aliphatic carbocycles. The van der Waals surface area contributed by atoms with Crippen LogP contribution in [0.15, 0.2) is 205 Å². The van der Waals surface area contributed by atoms with Crippen molar-refractivity contribution in [3.05, 3.63) is 200 Å². The molecule has 0 atom stereocenters. The number of furan rings is 1. The van der Waals surface area contributed by atoms with E-state index in [1.54, 1.807) is 0 Å². The van der Waals surface area contributed by atoms with Gasteiger partial charge >= 0.3 is 0 Å². The fourth-order valence-electron chi connectivity index (χ4n) is 8.28. The van der Waals surface area contributed by atoms with Gasteiger partial charge in [-0.25, -0.2) is 9.97 Å². The van der Waals surface area contributed by atoms with Crippen molar-refractivity contribution in [2.24, 2.45) is 0 Å². The van der Waals surface area contributed by atoms with Crippen LogP contribution < -0.4 is 0 Å². The van der Waals surface area contributed by atoms with Crippen LogP contribution in [0.1, 0.15) is 0 Å². The van der Waals surface area contributed by atoms with Crippen LogP contribution in [-0.2, 0) is 0 Å². The molecule has 0 unspecified atom stereocenters. The van der Waals surface area contributed by atoms with Crippen molar-refractivity contribution in [2.45, 2.75) is 0 Å². The highest BCUT2D eigenvalue weighted by atomic mass is 16.3. The molecule has 56 heavy (non-hydrogen) atoms. The maximum atomic E-state index is 6.44. The molecule has 0 spiro atoms. The minimum Gasteiger partial charge on any atom is -0.456 e. The first-order valence-corrected chi connectivity index (χ1v) is 18.9. The fourth-order valence-corrected chi connectivity index (χ4v) is 8.28. The highest BCUT2D eigenvalue weighted by Crippen LogP contribution is 2.46. The largest absolute Gasteiger partial charge is 0.456 e. The smallest absolute Gasteiger partial charge is 0.160 e. The zero-order chi connectivity index (χ0) is 37.0. The van der Waals surface area contributed by atoms with Crippen molar-refractivity contribution >= 4 is 43.7 Å². The van der Waals surface area contributed by atoms with Crippen LogP contribution in [0, 0.1) is 0 Å². The van der Waals surface area contributed by atoms with E-state index in [4.69, 9.17) is 14.4 Å². The van der Waals surface area contributed by atoms with Gasteiger partial charge in [0.25, 0.3) is 0 Å². The van der Waals surface area contributed by atoms with Gasteiger partial charge < -0.3 is 8.98 Å². The third kappa shape index (κ3) is 5.23. The Morgan fingerprint density at radius 2 is 0.875 bits per heavy atom. The van der Waals surface area contributed by atoms with Crippen molar-refractivity contribution < 1.29 is 4.42 Å². The topological polar surface area (TPSA) is 43.9 Å². The normalized spacial score (nSPS) is 11.6. The Bertz CT molecular complexity index is 3100. The molecule has 0 aliphatic rings. The number of fused-ring (bicyclic) bond motifs is 7. The average molecular weight is 716 g/mol. The number of aromatic nitrogens is 3. The molecule has 3 heterocycles. The number of nitrogens with zero attached hydrogens (tertiary/aromatic N) is 3. The van der Waals surface area contributed by atoms with Gasteiger partial charge in [0.2, 0.25) is 0 Å². The Labute approximate surface area is 323 Å². The molecule has 0 saturated heterocycles. The van der Waals surface area contributed by atoms with Crippen molar-refractivity contribution in [1.29, 1.82) is 0 Å². The first kappa shape index (κ1) is 31.9. The van der Waals surface area contributed by atoms with Gasteiger partial charge in [0.05, 0.1) is 28.1 Å². The summed E-state index contributed by atoms with van der Waals surface area (Å²) in [5, 5.41) is 4.61. The van der Waals surface area contributed by atoms with Gasteiger partial charge in [-0.15, -0.1) is 0 Å². The lowest BCUT2D eigenvalue weighted by Crippen LogP contribution is -2.02. The van der Waals surface area contributed by atoms with Gasteiger partial charge in [-0.1, -0.05) is 158 Å². The van der Waals surface area contributed by atoms with E-state index in [9.17, 15) is 0 Å². The molecule has 8 aromatic carbocycles. The Morgan fingerprint density at radius 3 is 1.52 bits per heavy atom. The number of para-hydroxylation sites is 2. The van der Waals surface area contributed by atoms with Gasteiger partial charge in [0, 0.05) is 49.4 Å². The van der Waals surface area contributed by atoms with Gasteiger partial charge in [-0.05, 0) is 53.6 Å². The fraction of sp³-hybridized carbons (Fsp3) is 0. The van der Waals surface area contributed by atoms with E-state index in [0.29, 0.717) is 5.82 Å². The highest BCUT2D eigenvalue weighted by molar-refractivity contribution is 6.27. The second kappa shape index (κ2) is 13.1. The van der Waals surface area contributed by atoms with E-state index >= 15 is 0 Å². The van der Waals surface area contributed by atoms with Crippen LogP contribution in [0.2, 0.25) is 0 Å². The van der Waals surface area contributed by atoms with E-state index < -0.39 is 0 Å². The first-order valence-electron chi connectivity index (χ1n) is 18.9. The predicted octanol–water partition coefficient (Wildman–Crippen LogP) is 13.8. The van der Waals surface area contributed by atoms with E-state index in [2.05, 4.69) is 174 Å². The summed E-state index contributed by atoms with van der Waals surface area (Å²) < 4.78 is 8.90. The van der Waals surface area contributed by atoms with Gasteiger partial charge in [-0.3, -0.25) is 0 Å². The zero-order valence-corrected chi connectivity index (χ0v) is 30.3. The summed E-state index contributed by atoms with van der Waals surface area (Å²) in [6, 6.07) is 70.3. The molecule has 0 amide bonds. The number of rotatable bonds is 6. The van der Waals surface area contributed by atoms with Crippen LogP contribution in [0.5, 0.6) is 0 Å². The monoisotopic (exact) mass is 715 g/mol. The number of hydrogen-bond acceptors (Lipinski definition) is 3. The lowest BCUT2D eigenvalue weighted by molar-refractivity contribution is 0.669. The van der Waals surface area contributed by atoms with Gasteiger partial charge in [0.1, 0.15) is 11.2 Å². The molecule has 0 bridgehead atoms. The van der Waals surface area contributed by atoms with Crippen molar-refractivity contribution in [3.8, 4) is 61.8 Å². The molecular formula is C52H33N3O. The summed E-state index contributed by atoms with van der Waals surface area (Å²) in [7, 11) is 0. The van der Waals surface area contributed by atoms with E-state index in [1.807, 2.05) is 30.3 Å². The summed E-state index contributed by atoms with van der Waals surface area (Å²) in [4.78, 5) is 10.4. The second-order valence-electron chi connectivity index (χ2n) is 14.1. The molecule has 4 heteroatoms. The summed E-state index contributed by atoms with van der Waals surface area (Å²) in [6.45, 7) is 0. The van der Waals surface area contributed by atoms with Crippen LogP contribution in [0.4, 0.5) is 0 Å². The van der Waals surface area contributed by atoms with Crippen LogP contribution in [-0.4, -0.2) is 14.5 Å². The second-order valence-corrected chi connectivity index (χ2v) is 14.1. The molecule has 11 aromatic rings. The summed E-state index contributed by atoms with van der Waals surface area (Å²) in [5.74, 6) is 0.687. The van der Waals surface area contributed by atoms with Gasteiger partial charge in [-0.2, -0.15) is 0 Å². The molecule has 0 radical (unpaired) electrons. The summed E-state index contributed by atoms with van der Waals surface area (Å²) >= 11 is 0. The zero-order valence-electron chi connectivity index (χ0n) is 30.3. The molecular weight excluding hydrogens is 683 g/mol. The highest BCUT2D eigenvalue weighted by Gasteiger charge is 2.24. The molecule has 0 fully saturated rings. The molecule has 11 rings (SSSR count). The lowest BCUT2D eigenvalue weighted by Gasteiger charge is -2.21. The Balaban J connectivity index is 1.27. The minimum absolute atomic E-state index is 0.687. The number of hydrogen-bond donors (Lipinski definition) is 0. The SMILES string of the molecule is c1ccc(-c2cc(-c3cc(-c4ccccc4)c(-n4c5ccccc5c5c6c(ccc54)oc4ccccc46)c(-c4ccccc4)c3)nc(-c3ccccc3)n2)cc1. The predicted molar refractivity (Wildman–Crippen MR) is 231 cm³/mol. The summed E-state index contributed by atoms with van der Waals surface area (Å²) in [6.07, 6.45) is 0. The number of benzene rings is 8. The van der Waals surface area contributed by atoms with Crippen LogP contribution >= 0.6 is 0 Å². The third-order valence-electron chi connectivity index (χ3n) is 10.8. The molecule has 4 nitrogen and oxygen atoms in total. The molecule has 0 aliphatic heterocycles. The van der Waals surface area contributed by atoms with Gasteiger partial charge in [0.15, 0.2) is 5.82 Å². The first-order chi connectivity index (χ1) is 27.8.